The Morgan fingerprint density at radius 2 is 1.58 bits per heavy atom. The monoisotopic (exact) mass is 531 g/mol. The summed E-state index contributed by atoms with van der Waals surface area (Å²) in [7, 11) is 0. The van der Waals surface area contributed by atoms with Crippen LogP contribution in [0.3, 0.4) is 0 Å². The van der Waals surface area contributed by atoms with Gasteiger partial charge in [0.2, 0.25) is 12.1 Å². The first kappa shape index (κ1) is 25.4. The van der Waals surface area contributed by atoms with Gasteiger partial charge in [-0.25, -0.2) is 0 Å². The molecule has 1 aliphatic heterocycles. The standard InChI is InChI=1S/C27H19F6N3O2/c1-16-4-6-17(7-5-16)22-8-9-34-14-19(22)15-36-24(23-3-2-10-37-23)35-38-25(36)18-11-20(26(28,29)30)13-21(12-18)27(31,32)33/h2-14,25H,15H2,1H3. The summed E-state index contributed by atoms with van der Waals surface area (Å²) in [6.45, 7) is 1.94. The summed E-state index contributed by atoms with van der Waals surface area (Å²) in [4.78, 5) is 11.1. The number of pyridine rings is 1. The van der Waals surface area contributed by atoms with Crippen LogP contribution < -0.4 is 0 Å². The lowest BCUT2D eigenvalue weighted by atomic mass is 9.99. The minimum absolute atomic E-state index is 0.00114. The maximum absolute atomic E-state index is 13.6. The number of halogens is 6. The molecule has 11 heteroatoms. The number of nitrogens with zero attached hydrogens (tertiary/aromatic N) is 3. The second kappa shape index (κ2) is 9.55. The Kier molecular flexibility index (Phi) is 6.38. The van der Waals surface area contributed by atoms with Crippen LogP contribution in [-0.4, -0.2) is 15.7 Å². The predicted octanol–water partition coefficient (Wildman–Crippen LogP) is 7.58. The third-order valence-electron chi connectivity index (χ3n) is 6.04. The molecule has 0 bridgehead atoms. The summed E-state index contributed by atoms with van der Waals surface area (Å²) in [5.41, 5.74) is 0.0871. The van der Waals surface area contributed by atoms with Crippen LogP contribution >= 0.6 is 0 Å². The van der Waals surface area contributed by atoms with Crippen molar-refractivity contribution in [2.24, 2.45) is 5.16 Å². The van der Waals surface area contributed by atoms with Crippen LogP contribution in [-0.2, 0) is 23.7 Å². The molecule has 1 aliphatic rings. The number of alkyl halides is 6. The first-order valence-electron chi connectivity index (χ1n) is 11.3. The number of aromatic nitrogens is 1. The van der Waals surface area contributed by atoms with E-state index in [0.29, 0.717) is 17.7 Å². The molecule has 1 unspecified atom stereocenters. The van der Waals surface area contributed by atoms with Gasteiger partial charge in [0.05, 0.1) is 23.9 Å². The lowest BCUT2D eigenvalue weighted by molar-refractivity contribution is -0.143. The lowest BCUT2D eigenvalue weighted by Gasteiger charge is -2.27. The number of hydrogen-bond acceptors (Lipinski definition) is 5. The van der Waals surface area contributed by atoms with Gasteiger partial charge in [0.25, 0.3) is 0 Å². The van der Waals surface area contributed by atoms with Gasteiger partial charge in [-0.15, -0.1) is 0 Å². The number of furan rings is 1. The number of benzene rings is 2. The van der Waals surface area contributed by atoms with Crippen molar-refractivity contribution in [3.63, 3.8) is 0 Å². The highest BCUT2D eigenvalue weighted by molar-refractivity contribution is 5.97. The Morgan fingerprint density at radius 3 is 2.18 bits per heavy atom. The molecular formula is C27H19F6N3O2. The van der Waals surface area contributed by atoms with Gasteiger partial charge in [0, 0.05) is 18.0 Å². The average molecular weight is 531 g/mol. The summed E-state index contributed by atoms with van der Waals surface area (Å²) < 4.78 is 86.8. The maximum atomic E-state index is 13.6. The van der Waals surface area contributed by atoms with Gasteiger partial charge in [-0.05, 0) is 60.0 Å². The Hall–Kier alpha value is -4.28. The zero-order valence-corrected chi connectivity index (χ0v) is 19.7. The number of hydrogen-bond donors (Lipinski definition) is 0. The van der Waals surface area contributed by atoms with E-state index in [4.69, 9.17) is 9.25 Å². The third kappa shape index (κ3) is 5.09. The van der Waals surface area contributed by atoms with Crippen molar-refractivity contribution in [2.45, 2.75) is 32.0 Å². The minimum Gasteiger partial charge on any atom is -0.461 e. The zero-order chi connectivity index (χ0) is 27.1. The molecule has 1 atom stereocenters. The van der Waals surface area contributed by atoms with Crippen LogP contribution in [0.15, 0.2) is 88.9 Å². The molecule has 0 saturated carbocycles. The van der Waals surface area contributed by atoms with Gasteiger partial charge in [-0.2, -0.15) is 26.3 Å². The fraction of sp³-hybridized carbons (Fsp3) is 0.185. The molecule has 0 aliphatic carbocycles. The molecule has 196 valence electrons. The van der Waals surface area contributed by atoms with Gasteiger partial charge in [-0.1, -0.05) is 35.0 Å². The third-order valence-corrected chi connectivity index (χ3v) is 6.04. The fourth-order valence-electron chi connectivity index (χ4n) is 4.18. The van der Waals surface area contributed by atoms with Crippen LogP contribution in [0.25, 0.3) is 11.1 Å². The summed E-state index contributed by atoms with van der Waals surface area (Å²) in [6, 6.07) is 14.0. The second-order valence-electron chi connectivity index (χ2n) is 8.72. The molecule has 0 N–H and O–H groups in total. The first-order chi connectivity index (χ1) is 18.0. The number of amidine groups is 1. The van der Waals surface area contributed by atoms with Crippen molar-refractivity contribution < 1.29 is 35.6 Å². The number of aryl methyl sites for hydroxylation is 1. The Morgan fingerprint density at radius 1 is 0.895 bits per heavy atom. The van der Waals surface area contributed by atoms with Crippen molar-refractivity contribution in [3.05, 3.63) is 113 Å². The smallest absolute Gasteiger partial charge is 0.416 e. The SMILES string of the molecule is Cc1ccc(-c2ccncc2CN2C(c3ccco3)=NOC2c2cc(C(F)(F)F)cc(C(F)(F)F)c2)cc1. The van der Waals surface area contributed by atoms with Crippen molar-refractivity contribution >= 4 is 5.84 Å². The maximum Gasteiger partial charge on any atom is 0.416 e. The highest BCUT2D eigenvalue weighted by Crippen LogP contribution is 2.41. The molecule has 4 aromatic rings. The van der Waals surface area contributed by atoms with Gasteiger partial charge < -0.3 is 14.2 Å². The molecule has 0 saturated heterocycles. The average Bonchev–Trinajstić information content (AvgIpc) is 3.54. The Labute approximate surface area is 213 Å². The summed E-state index contributed by atoms with van der Waals surface area (Å²) >= 11 is 0. The van der Waals surface area contributed by atoms with Crippen LogP contribution in [0.4, 0.5) is 26.3 Å². The molecular weight excluding hydrogens is 512 g/mol. The Bertz CT molecular complexity index is 1430. The van der Waals surface area contributed by atoms with E-state index in [1.165, 1.54) is 11.2 Å². The quantitative estimate of drug-likeness (QED) is 0.249. The van der Waals surface area contributed by atoms with Gasteiger partial charge in [0.1, 0.15) is 0 Å². The second-order valence-corrected chi connectivity index (χ2v) is 8.72. The van der Waals surface area contributed by atoms with E-state index in [9.17, 15) is 26.3 Å². The van der Waals surface area contributed by atoms with E-state index < -0.39 is 29.7 Å². The molecule has 38 heavy (non-hydrogen) atoms. The largest absolute Gasteiger partial charge is 0.461 e. The molecule has 2 aromatic carbocycles. The Balaban J connectivity index is 1.60. The van der Waals surface area contributed by atoms with Gasteiger partial charge in [-0.3, -0.25) is 4.98 Å². The van der Waals surface area contributed by atoms with Crippen LogP contribution in [0.1, 0.15) is 39.8 Å². The molecule has 0 spiro atoms. The minimum atomic E-state index is -5.01. The highest BCUT2D eigenvalue weighted by Gasteiger charge is 2.41. The van der Waals surface area contributed by atoms with E-state index in [-0.39, 0.29) is 29.8 Å². The van der Waals surface area contributed by atoms with Crippen molar-refractivity contribution in [3.8, 4) is 11.1 Å². The zero-order valence-electron chi connectivity index (χ0n) is 19.7. The molecule has 0 fully saturated rings. The molecule has 5 nitrogen and oxygen atoms in total. The first-order valence-corrected chi connectivity index (χ1v) is 11.3. The van der Waals surface area contributed by atoms with Crippen molar-refractivity contribution in [2.75, 3.05) is 0 Å². The van der Waals surface area contributed by atoms with Crippen LogP contribution in [0.2, 0.25) is 0 Å². The van der Waals surface area contributed by atoms with Crippen LogP contribution in [0, 0.1) is 6.92 Å². The highest BCUT2D eigenvalue weighted by atomic mass is 19.4. The fourth-order valence-corrected chi connectivity index (χ4v) is 4.18. The molecule has 5 rings (SSSR count). The van der Waals surface area contributed by atoms with E-state index in [0.717, 1.165) is 16.7 Å². The topological polar surface area (TPSA) is 50.9 Å². The van der Waals surface area contributed by atoms with E-state index in [1.807, 2.05) is 31.2 Å². The molecule has 3 heterocycles. The summed E-state index contributed by atoms with van der Waals surface area (Å²) in [5, 5.41) is 3.98. The molecule has 2 aromatic heterocycles. The normalized spacial score (nSPS) is 15.9. The molecule has 0 amide bonds. The van der Waals surface area contributed by atoms with Gasteiger partial charge >= 0.3 is 12.4 Å². The lowest BCUT2D eigenvalue weighted by Crippen LogP contribution is -2.31. The number of rotatable bonds is 5. The van der Waals surface area contributed by atoms with Crippen LogP contribution in [0.5, 0.6) is 0 Å². The number of oxime groups is 1. The predicted molar refractivity (Wildman–Crippen MR) is 125 cm³/mol. The summed E-state index contributed by atoms with van der Waals surface area (Å²) in [6.07, 6.45) is -6.86. The van der Waals surface area contributed by atoms with Crippen molar-refractivity contribution in [1.82, 2.24) is 9.88 Å². The van der Waals surface area contributed by atoms with Gasteiger partial charge in [0.15, 0.2) is 5.76 Å². The van der Waals surface area contributed by atoms with E-state index >= 15 is 0 Å². The van der Waals surface area contributed by atoms with E-state index in [1.54, 1.807) is 30.6 Å². The van der Waals surface area contributed by atoms with E-state index in [2.05, 4.69) is 10.1 Å². The van der Waals surface area contributed by atoms with Crippen molar-refractivity contribution in [1.29, 1.82) is 0 Å². The molecule has 0 radical (unpaired) electrons. The summed E-state index contributed by atoms with van der Waals surface area (Å²) in [5.74, 6) is 0.348.